The van der Waals surface area contributed by atoms with Crippen LogP contribution in [0.15, 0.2) is 36.9 Å². The molecule has 1 aromatic carbocycles. The van der Waals surface area contributed by atoms with Crippen LogP contribution in [0.1, 0.15) is 44.5 Å². The van der Waals surface area contributed by atoms with Crippen LogP contribution in [0.2, 0.25) is 0 Å². The maximum absolute atomic E-state index is 13.3. The van der Waals surface area contributed by atoms with Gasteiger partial charge in [0.2, 0.25) is 5.78 Å². The largest absolute Gasteiger partial charge is 0.463 e. The molecule has 1 saturated heterocycles. The van der Waals surface area contributed by atoms with E-state index in [4.69, 9.17) is 9.47 Å². The van der Waals surface area contributed by atoms with Gasteiger partial charge >= 0.3 is 12.1 Å². The van der Waals surface area contributed by atoms with Crippen LogP contribution in [0, 0.1) is 11.8 Å². The molecule has 0 radical (unpaired) electrons. The molecule has 0 bridgehead atoms. The normalized spacial score (nSPS) is 23.2. The summed E-state index contributed by atoms with van der Waals surface area (Å²) in [5.74, 6) is -2.07. The van der Waals surface area contributed by atoms with E-state index in [1.54, 1.807) is 10.6 Å². The van der Waals surface area contributed by atoms with Gasteiger partial charge in [-0.25, -0.2) is 14.2 Å². The zero-order chi connectivity index (χ0) is 23.2. The van der Waals surface area contributed by atoms with E-state index in [0.29, 0.717) is 13.0 Å². The van der Waals surface area contributed by atoms with E-state index >= 15 is 0 Å². The third kappa shape index (κ3) is 3.75. The summed E-state index contributed by atoms with van der Waals surface area (Å²) in [6.07, 6.45) is 2.53. The van der Waals surface area contributed by atoms with Crippen LogP contribution < -0.4 is 0 Å². The Labute approximate surface area is 188 Å². The number of piperidine rings is 1. The lowest BCUT2D eigenvalue weighted by Crippen LogP contribution is -2.49. The SMILES string of the molecule is C=C[C@@H]1CN2CCc3c(n(C(=O)OC(C)(C)C)c4ccccc34)[C@@H]2C[C@@H]1C(=O)C(=O)OC. The van der Waals surface area contributed by atoms with Crippen LogP contribution in [-0.2, 0) is 25.5 Å². The molecule has 1 fully saturated rings. The smallest absolute Gasteiger partial charge is 0.419 e. The van der Waals surface area contributed by atoms with Crippen LogP contribution >= 0.6 is 0 Å². The predicted molar refractivity (Wildman–Crippen MR) is 120 cm³/mol. The van der Waals surface area contributed by atoms with Gasteiger partial charge in [-0.15, -0.1) is 6.58 Å². The number of hydrogen-bond donors (Lipinski definition) is 0. The fraction of sp³-hybridized carbons (Fsp3) is 0.480. The van der Waals surface area contributed by atoms with Crippen molar-refractivity contribution in [2.75, 3.05) is 20.2 Å². The number of fused-ring (bicyclic) bond motifs is 5. The van der Waals surface area contributed by atoms with Gasteiger partial charge in [0.15, 0.2) is 0 Å². The Kier molecular flexibility index (Phi) is 5.71. The van der Waals surface area contributed by atoms with Crippen molar-refractivity contribution in [2.45, 2.75) is 45.3 Å². The molecule has 0 spiro atoms. The Balaban J connectivity index is 1.84. The molecule has 7 heteroatoms. The molecule has 0 amide bonds. The molecule has 0 N–H and O–H groups in total. The maximum atomic E-state index is 13.3. The van der Waals surface area contributed by atoms with E-state index in [1.165, 1.54) is 7.11 Å². The second-order valence-corrected chi connectivity index (χ2v) is 9.56. The van der Waals surface area contributed by atoms with Crippen molar-refractivity contribution in [3.63, 3.8) is 0 Å². The highest BCUT2D eigenvalue weighted by atomic mass is 16.6. The fourth-order valence-corrected chi connectivity index (χ4v) is 5.11. The lowest BCUT2D eigenvalue weighted by molar-refractivity contribution is -0.155. The van der Waals surface area contributed by atoms with E-state index in [-0.39, 0.29) is 12.0 Å². The number of esters is 1. The topological polar surface area (TPSA) is 77.8 Å². The number of hydrogen-bond acceptors (Lipinski definition) is 6. The molecule has 2 aromatic rings. The highest BCUT2D eigenvalue weighted by Crippen LogP contribution is 2.45. The van der Waals surface area contributed by atoms with E-state index in [2.05, 4.69) is 11.5 Å². The molecule has 0 unspecified atom stereocenters. The minimum atomic E-state index is -0.834. The van der Waals surface area contributed by atoms with Gasteiger partial charge in [0.25, 0.3) is 0 Å². The highest BCUT2D eigenvalue weighted by molar-refractivity contribution is 6.34. The summed E-state index contributed by atoms with van der Waals surface area (Å²) in [6, 6.07) is 7.64. The second-order valence-electron chi connectivity index (χ2n) is 9.56. The molecule has 2 aliphatic rings. The van der Waals surface area contributed by atoms with Crippen molar-refractivity contribution in [3.05, 3.63) is 48.2 Å². The third-order valence-electron chi connectivity index (χ3n) is 6.47. The average Bonchev–Trinajstić information content (AvgIpc) is 3.10. The van der Waals surface area contributed by atoms with Crippen LogP contribution in [0.5, 0.6) is 0 Å². The van der Waals surface area contributed by atoms with Crippen molar-refractivity contribution in [1.82, 2.24) is 9.47 Å². The minimum Gasteiger partial charge on any atom is -0.463 e. The standard InChI is InChI=1S/C25H30N2O5/c1-6-15-14-26-12-11-17-16-9-7-8-10-19(16)27(24(30)32-25(2,3)4)21(17)20(26)13-18(15)22(28)23(29)31-5/h6-10,15,18,20H,1,11-14H2,2-5H3/t15-,18+,20+/m1/s1. The minimum absolute atomic E-state index is 0.154. The number of aromatic nitrogens is 1. The van der Waals surface area contributed by atoms with Gasteiger partial charge in [-0.3, -0.25) is 9.69 Å². The number of para-hydroxylation sites is 1. The van der Waals surface area contributed by atoms with Crippen LogP contribution in [0.25, 0.3) is 10.9 Å². The van der Waals surface area contributed by atoms with E-state index in [0.717, 1.165) is 35.1 Å². The Hall–Kier alpha value is -2.93. The lowest BCUT2D eigenvalue weighted by Gasteiger charge is -2.45. The summed E-state index contributed by atoms with van der Waals surface area (Å²) in [6.45, 7) is 10.8. The summed E-state index contributed by atoms with van der Waals surface area (Å²) in [5, 5.41) is 1.02. The van der Waals surface area contributed by atoms with Gasteiger partial charge in [0, 0.05) is 24.4 Å². The van der Waals surface area contributed by atoms with Crippen molar-refractivity contribution in [1.29, 1.82) is 0 Å². The third-order valence-corrected chi connectivity index (χ3v) is 6.47. The molecule has 3 heterocycles. The van der Waals surface area contributed by atoms with Gasteiger partial charge in [0.05, 0.1) is 24.4 Å². The quantitative estimate of drug-likeness (QED) is 0.411. The molecule has 4 rings (SSSR count). The lowest BCUT2D eigenvalue weighted by atomic mass is 9.76. The second kappa shape index (κ2) is 8.20. The van der Waals surface area contributed by atoms with Crippen molar-refractivity contribution < 1.29 is 23.9 Å². The Bertz CT molecular complexity index is 1090. The van der Waals surface area contributed by atoms with Crippen LogP contribution in [0.3, 0.4) is 0 Å². The van der Waals surface area contributed by atoms with Crippen LogP contribution in [0.4, 0.5) is 4.79 Å². The summed E-state index contributed by atoms with van der Waals surface area (Å²) >= 11 is 0. The monoisotopic (exact) mass is 438 g/mol. The number of ether oxygens (including phenoxy) is 2. The zero-order valence-corrected chi connectivity index (χ0v) is 19.1. The van der Waals surface area contributed by atoms with Gasteiger partial charge in [-0.1, -0.05) is 24.3 Å². The van der Waals surface area contributed by atoms with Crippen molar-refractivity contribution >= 4 is 28.7 Å². The zero-order valence-electron chi connectivity index (χ0n) is 19.1. The van der Waals surface area contributed by atoms with Gasteiger partial charge < -0.3 is 9.47 Å². The summed E-state index contributed by atoms with van der Waals surface area (Å²) in [5.41, 5.74) is 2.12. The number of nitrogens with zero attached hydrogens (tertiary/aromatic N) is 2. The molecular weight excluding hydrogens is 408 g/mol. The Morgan fingerprint density at radius 2 is 1.91 bits per heavy atom. The number of methoxy groups -OCH3 is 1. The number of benzene rings is 1. The molecular formula is C25H30N2O5. The first-order valence-corrected chi connectivity index (χ1v) is 11.0. The van der Waals surface area contributed by atoms with Gasteiger partial charge in [0.1, 0.15) is 5.60 Å². The number of rotatable bonds is 3. The Morgan fingerprint density at radius 1 is 1.19 bits per heavy atom. The molecule has 7 nitrogen and oxygen atoms in total. The number of ketones is 1. The van der Waals surface area contributed by atoms with Crippen LogP contribution in [-0.4, -0.2) is 53.1 Å². The van der Waals surface area contributed by atoms with Gasteiger partial charge in [-0.2, -0.15) is 0 Å². The van der Waals surface area contributed by atoms with Gasteiger partial charge in [-0.05, 0) is 51.2 Å². The molecule has 32 heavy (non-hydrogen) atoms. The molecule has 2 aliphatic heterocycles. The van der Waals surface area contributed by atoms with E-state index < -0.39 is 29.4 Å². The summed E-state index contributed by atoms with van der Waals surface area (Å²) < 4.78 is 12.1. The summed E-state index contributed by atoms with van der Waals surface area (Å²) in [7, 11) is 1.22. The maximum Gasteiger partial charge on any atom is 0.419 e. The fourth-order valence-electron chi connectivity index (χ4n) is 5.11. The molecule has 1 aromatic heterocycles. The van der Waals surface area contributed by atoms with Crippen molar-refractivity contribution in [3.8, 4) is 0 Å². The van der Waals surface area contributed by atoms with E-state index in [1.807, 2.05) is 45.0 Å². The average molecular weight is 439 g/mol. The number of carbonyl (C=O) groups excluding carboxylic acids is 3. The Morgan fingerprint density at radius 3 is 2.56 bits per heavy atom. The van der Waals surface area contributed by atoms with E-state index in [9.17, 15) is 14.4 Å². The predicted octanol–water partition coefficient (Wildman–Crippen LogP) is 3.89. The number of carbonyl (C=O) groups is 3. The first-order valence-electron chi connectivity index (χ1n) is 11.0. The number of Topliss-reactive ketones (excluding diaryl/α,β-unsaturated/α-hetero) is 1. The first-order chi connectivity index (χ1) is 15.2. The molecule has 0 aliphatic carbocycles. The highest BCUT2D eigenvalue weighted by Gasteiger charge is 2.45. The molecule has 170 valence electrons. The molecule has 3 atom stereocenters. The summed E-state index contributed by atoms with van der Waals surface area (Å²) in [4.78, 5) is 40.5. The first kappa shape index (κ1) is 22.3. The van der Waals surface area contributed by atoms with Crippen molar-refractivity contribution in [2.24, 2.45) is 11.8 Å². The molecule has 0 saturated carbocycles.